The summed E-state index contributed by atoms with van der Waals surface area (Å²) in [5.41, 5.74) is 0.214. The quantitative estimate of drug-likeness (QED) is 0.667. The second-order valence-corrected chi connectivity index (χ2v) is 11.6. The highest BCUT2D eigenvalue weighted by atomic mass is 32.2. The van der Waals surface area contributed by atoms with Crippen LogP contribution in [0.5, 0.6) is 0 Å². The van der Waals surface area contributed by atoms with Crippen molar-refractivity contribution < 1.29 is 26.7 Å². The molecule has 0 radical (unpaired) electrons. The molecule has 3 rings (SSSR count). The number of carbonyl (C=O) groups is 1. The first kappa shape index (κ1) is 24.5. The number of likely N-dealkylation sites (tertiary alicyclic amines) is 1. The number of nitrogens with zero attached hydrogens (tertiary/aromatic N) is 2. The normalized spacial score (nSPS) is 19.4. The minimum absolute atomic E-state index is 0.0748. The summed E-state index contributed by atoms with van der Waals surface area (Å²) in [5, 5.41) is 2.18. The molecule has 1 fully saturated rings. The van der Waals surface area contributed by atoms with E-state index in [1.54, 1.807) is 33.1 Å². The van der Waals surface area contributed by atoms with Crippen LogP contribution in [0.3, 0.4) is 0 Å². The summed E-state index contributed by atoms with van der Waals surface area (Å²) in [6.45, 7) is 7.17. The van der Waals surface area contributed by atoms with Gasteiger partial charge >= 0.3 is 6.09 Å². The number of hydrogen-bond acceptors (Lipinski definition) is 6. The van der Waals surface area contributed by atoms with Crippen LogP contribution in [0.1, 0.15) is 39.8 Å². The lowest BCUT2D eigenvalue weighted by atomic mass is 10.1. The van der Waals surface area contributed by atoms with Gasteiger partial charge in [-0.1, -0.05) is 0 Å². The number of carbonyl (C=O) groups excluding carboxylic acids is 1. The lowest BCUT2D eigenvalue weighted by Gasteiger charge is -2.30. The fraction of sp³-hybridized carbons (Fsp3) is 0.524. The van der Waals surface area contributed by atoms with Gasteiger partial charge in [0, 0.05) is 36.0 Å². The molecule has 2 heterocycles. The Morgan fingerprint density at radius 3 is 2.53 bits per heavy atom. The van der Waals surface area contributed by atoms with Crippen LogP contribution in [-0.2, 0) is 21.2 Å². The smallest absolute Gasteiger partial charge is 0.410 e. The Kier molecular flexibility index (Phi) is 7.21. The fourth-order valence-electron chi connectivity index (χ4n) is 3.53. The van der Waals surface area contributed by atoms with Gasteiger partial charge in [0.25, 0.3) is 0 Å². The first-order valence-corrected chi connectivity index (χ1v) is 12.8. The number of ether oxygens (including phenoxy) is 1. The fourth-order valence-corrected chi connectivity index (χ4v) is 5.25. The Bertz CT molecular complexity index is 1060. The highest BCUT2D eigenvalue weighted by molar-refractivity contribution is 7.89. The van der Waals surface area contributed by atoms with Crippen molar-refractivity contribution in [2.45, 2.75) is 58.2 Å². The Morgan fingerprint density at radius 2 is 1.94 bits per heavy atom. The number of thiazole rings is 1. The van der Waals surface area contributed by atoms with Gasteiger partial charge in [-0.3, -0.25) is 0 Å². The van der Waals surface area contributed by atoms with Crippen LogP contribution < -0.4 is 4.72 Å². The molecule has 11 heteroatoms. The Balaban J connectivity index is 1.85. The zero-order valence-corrected chi connectivity index (χ0v) is 20.0. The van der Waals surface area contributed by atoms with E-state index in [-0.39, 0.29) is 12.2 Å². The maximum Gasteiger partial charge on any atom is 0.410 e. The molecule has 0 bridgehead atoms. The van der Waals surface area contributed by atoms with E-state index in [4.69, 9.17) is 4.74 Å². The standard InChI is InChI=1S/C21H27F2N3O4S2/c1-5-32(28,29)25-17-6-7-26(20(27)30-21(2,3)4)18(17)11-16-12-31-19(24-16)13-8-14(22)10-15(23)9-13/h8-10,12,17-18,25H,5-7,11H2,1-4H3/t17-,18-/m0/s1. The first-order valence-electron chi connectivity index (χ1n) is 10.3. The van der Waals surface area contributed by atoms with Gasteiger partial charge in [-0.15, -0.1) is 11.3 Å². The summed E-state index contributed by atoms with van der Waals surface area (Å²) >= 11 is 1.22. The molecule has 1 amide bonds. The zero-order chi connectivity index (χ0) is 23.7. The van der Waals surface area contributed by atoms with Gasteiger partial charge in [0.15, 0.2) is 0 Å². The van der Waals surface area contributed by atoms with Gasteiger partial charge in [-0.05, 0) is 46.2 Å². The summed E-state index contributed by atoms with van der Waals surface area (Å²) in [4.78, 5) is 18.8. The van der Waals surface area contributed by atoms with E-state index >= 15 is 0 Å². The summed E-state index contributed by atoms with van der Waals surface area (Å²) < 4.78 is 59.7. The average Bonchev–Trinajstić information content (AvgIpc) is 3.27. The van der Waals surface area contributed by atoms with Crippen LogP contribution in [0.2, 0.25) is 0 Å². The van der Waals surface area contributed by atoms with Crippen LogP contribution in [0.25, 0.3) is 10.6 Å². The van der Waals surface area contributed by atoms with E-state index in [2.05, 4.69) is 9.71 Å². The zero-order valence-electron chi connectivity index (χ0n) is 18.4. The molecule has 0 spiro atoms. The van der Waals surface area contributed by atoms with Gasteiger partial charge in [0.2, 0.25) is 10.0 Å². The monoisotopic (exact) mass is 487 g/mol. The molecule has 1 aliphatic rings. The highest BCUT2D eigenvalue weighted by Gasteiger charge is 2.41. The maximum atomic E-state index is 13.6. The SMILES string of the molecule is CCS(=O)(=O)N[C@H]1CCN(C(=O)OC(C)(C)C)[C@H]1Cc1csc(-c2cc(F)cc(F)c2)n1. The number of sulfonamides is 1. The molecule has 1 aromatic carbocycles. The molecule has 1 N–H and O–H groups in total. The van der Waals surface area contributed by atoms with Crippen molar-refractivity contribution in [2.24, 2.45) is 0 Å². The number of benzene rings is 1. The Hall–Kier alpha value is -2.11. The predicted molar refractivity (Wildman–Crippen MR) is 119 cm³/mol. The molecule has 176 valence electrons. The summed E-state index contributed by atoms with van der Waals surface area (Å²) in [5.74, 6) is -1.47. The number of nitrogens with one attached hydrogen (secondary N) is 1. The number of halogens is 2. The lowest BCUT2D eigenvalue weighted by Crippen LogP contribution is -2.49. The highest BCUT2D eigenvalue weighted by Crippen LogP contribution is 2.29. The van der Waals surface area contributed by atoms with Crippen molar-refractivity contribution in [3.05, 3.63) is 40.9 Å². The molecule has 32 heavy (non-hydrogen) atoms. The van der Waals surface area contributed by atoms with Crippen LogP contribution in [-0.4, -0.2) is 54.4 Å². The van der Waals surface area contributed by atoms with Crippen molar-refractivity contribution in [3.63, 3.8) is 0 Å². The van der Waals surface area contributed by atoms with Crippen molar-refractivity contribution in [1.82, 2.24) is 14.6 Å². The second kappa shape index (κ2) is 9.40. The molecule has 0 saturated carbocycles. The summed E-state index contributed by atoms with van der Waals surface area (Å²) in [6.07, 6.45) is 0.183. The minimum atomic E-state index is -3.49. The molecule has 7 nitrogen and oxygen atoms in total. The van der Waals surface area contributed by atoms with Crippen LogP contribution in [0.4, 0.5) is 13.6 Å². The molecule has 0 unspecified atom stereocenters. The lowest BCUT2D eigenvalue weighted by molar-refractivity contribution is 0.0218. The van der Waals surface area contributed by atoms with E-state index in [1.807, 2.05) is 0 Å². The first-order chi connectivity index (χ1) is 14.9. The number of hydrogen-bond donors (Lipinski definition) is 1. The van der Waals surface area contributed by atoms with E-state index in [1.165, 1.54) is 28.4 Å². The molecule has 1 aliphatic heterocycles. The van der Waals surface area contributed by atoms with Crippen LogP contribution >= 0.6 is 11.3 Å². The van der Waals surface area contributed by atoms with Crippen molar-refractivity contribution in [1.29, 1.82) is 0 Å². The van der Waals surface area contributed by atoms with Gasteiger partial charge in [0.05, 0.1) is 17.5 Å². The summed E-state index contributed by atoms with van der Waals surface area (Å²) in [7, 11) is -3.49. The average molecular weight is 488 g/mol. The molecule has 0 aliphatic carbocycles. The van der Waals surface area contributed by atoms with Gasteiger partial charge in [-0.25, -0.2) is 31.7 Å². The molecular weight excluding hydrogens is 460 g/mol. The second-order valence-electron chi connectivity index (χ2n) is 8.66. The van der Waals surface area contributed by atoms with E-state index < -0.39 is 45.4 Å². The minimum Gasteiger partial charge on any atom is -0.444 e. The van der Waals surface area contributed by atoms with Crippen molar-refractivity contribution >= 4 is 27.5 Å². The largest absolute Gasteiger partial charge is 0.444 e. The molecule has 1 aromatic heterocycles. The number of amides is 1. The third kappa shape index (κ3) is 6.23. The predicted octanol–water partition coefficient (Wildman–Crippen LogP) is 3.95. The Labute approximate surface area is 190 Å². The Morgan fingerprint density at radius 1 is 1.28 bits per heavy atom. The topological polar surface area (TPSA) is 88.6 Å². The molecule has 2 aromatic rings. The van der Waals surface area contributed by atoms with Gasteiger partial charge in [-0.2, -0.15) is 0 Å². The molecular formula is C21H27F2N3O4S2. The van der Waals surface area contributed by atoms with Crippen molar-refractivity contribution in [2.75, 3.05) is 12.3 Å². The van der Waals surface area contributed by atoms with Crippen molar-refractivity contribution in [3.8, 4) is 10.6 Å². The maximum absolute atomic E-state index is 13.6. The van der Waals surface area contributed by atoms with Gasteiger partial charge < -0.3 is 9.64 Å². The molecule has 1 saturated heterocycles. The number of rotatable bonds is 6. The van der Waals surface area contributed by atoms with E-state index in [9.17, 15) is 22.0 Å². The van der Waals surface area contributed by atoms with E-state index in [0.717, 1.165) is 6.07 Å². The summed E-state index contributed by atoms with van der Waals surface area (Å²) in [6, 6.07) is 2.19. The third-order valence-electron chi connectivity index (χ3n) is 4.96. The van der Waals surface area contributed by atoms with Gasteiger partial charge in [0.1, 0.15) is 22.2 Å². The van der Waals surface area contributed by atoms with Crippen LogP contribution in [0.15, 0.2) is 23.6 Å². The number of aromatic nitrogens is 1. The van der Waals surface area contributed by atoms with Crippen LogP contribution in [0, 0.1) is 11.6 Å². The third-order valence-corrected chi connectivity index (χ3v) is 7.33. The van der Waals surface area contributed by atoms with E-state index in [0.29, 0.717) is 29.2 Å². The molecule has 2 atom stereocenters.